The van der Waals surface area contributed by atoms with Crippen molar-refractivity contribution in [2.45, 2.75) is 89.8 Å². The van der Waals surface area contributed by atoms with Crippen molar-refractivity contribution < 1.29 is 9.16 Å². The zero-order chi connectivity index (χ0) is 14.8. The Labute approximate surface area is 134 Å². The van der Waals surface area contributed by atoms with E-state index in [4.69, 9.17) is 9.16 Å². The van der Waals surface area contributed by atoms with Crippen molar-refractivity contribution in [2.24, 2.45) is 0 Å². The van der Waals surface area contributed by atoms with Crippen LogP contribution in [0.25, 0.3) is 0 Å². The van der Waals surface area contributed by atoms with Crippen LogP contribution in [0.1, 0.15) is 54.9 Å². The lowest BCUT2D eigenvalue weighted by atomic mass is 10.2. The van der Waals surface area contributed by atoms with Gasteiger partial charge in [0.05, 0.1) is 18.3 Å². The Morgan fingerprint density at radius 3 is 1.89 bits per heavy atom. The van der Waals surface area contributed by atoms with Crippen molar-refractivity contribution in [3.05, 3.63) is 0 Å². The average molecular weight is 398 g/mol. The Bertz CT molecular complexity index is 260. The van der Waals surface area contributed by atoms with Crippen LogP contribution in [-0.4, -0.2) is 31.1 Å². The van der Waals surface area contributed by atoms with Crippen LogP contribution in [0.5, 0.6) is 0 Å². The van der Waals surface area contributed by atoms with Crippen LogP contribution in [0.15, 0.2) is 0 Å². The fraction of sp³-hybridized carbons (Fsp3) is 1.00. The monoisotopic (exact) mass is 398 g/mol. The fourth-order valence-corrected chi connectivity index (χ4v) is 10.0. The molecule has 0 unspecified atom stereocenters. The highest BCUT2D eigenvalue weighted by Crippen LogP contribution is 2.44. The minimum atomic E-state index is -1.76. The lowest BCUT2D eigenvalue weighted by Gasteiger charge is -2.44. The number of ether oxygens (including phenoxy) is 1. The van der Waals surface area contributed by atoms with Crippen LogP contribution in [0.2, 0.25) is 16.6 Å². The van der Waals surface area contributed by atoms with Crippen molar-refractivity contribution >= 4 is 30.9 Å². The van der Waals surface area contributed by atoms with E-state index in [-0.39, 0.29) is 6.10 Å². The van der Waals surface area contributed by atoms with E-state index < -0.39 is 8.32 Å². The maximum absolute atomic E-state index is 6.84. The molecule has 1 aliphatic rings. The van der Waals surface area contributed by atoms with Gasteiger partial charge < -0.3 is 9.16 Å². The van der Waals surface area contributed by atoms with Crippen LogP contribution < -0.4 is 0 Å². The van der Waals surface area contributed by atoms with Gasteiger partial charge >= 0.3 is 0 Å². The summed E-state index contributed by atoms with van der Waals surface area (Å²) in [5.74, 6) is 0. The van der Waals surface area contributed by atoms with E-state index in [0.29, 0.717) is 28.8 Å². The molecule has 0 bridgehead atoms. The van der Waals surface area contributed by atoms with Gasteiger partial charge in [0.2, 0.25) is 8.32 Å². The summed E-state index contributed by atoms with van der Waals surface area (Å²) in [6.45, 7) is 16.3. The van der Waals surface area contributed by atoms with Crippen LogP contribution >= 0.6 is 22.6 Å². The Hall–Kier alpha value is 0.867. The normalized spacial score (nSPS) is 28.9. The van der Waals surface area contributed by atoms with Gasteiger partial charge in [-0.25, -0.2) is 0 Å². The number of halogens is 1. The molecule has 0 saturated carbocycles. The molecule has 1 fully saturated rings. The zero-order valence-electron chi connectivity index (χ0n) is 13.6. The zero-order valence-corrected chi connectivity index (χ0v) is 16.7. The minimum absolute atomic E-state index is 0.253. The molecule has 0 aromatic rings. The molecule has 1 heterocycles. The summed E-state index contributed by atoms with van der Waals surface area (Å²) in [6.07, 6.45) is 2.02. The molecule has 0 aromatic heterocycles. The number of alkyl halides is 1. The molecule has 1 aliphatic heterocycles. The SMILES string of the molecule is CC(C)[Si](O[C@H]1C[C@H](CI)O[C@@H]1C)(C(C)C)C(C)C. The highest BCUT2D eigenvalue weighted by Gasteiger charge is 2.48. The molecule has 0 radical (unpaired) electrons. The summed E-state index contributed by atoms with van der Waals surface area (Å²) >= 11 is 2.42. The molecule has 0 spiro atoms. The fourth-order valence-electron chi connectivity index (χ4n) is 3.81. The third kappa shape index (κ3) is 3.74. The molecule has 0 amide bonds. The predicted octanol–water partition coefficient (Wildman–Crippen LogP) is 5.16. The summed E-state index contributed by atoms with van der Waals surface area (Å²) in [4.78, 5) is 0. The lowest BCUT2D eigenvalue weighted by molar-refractivity contribution is 0.0335. The molecule has 0 N–H and O–H groups in total. The standard InChI is InChI=1S/C15H31IO2Si/c1-10(2)19(11(3)4,12(5)6)18-15-8-14(9-16)17-13(15)7/h10-15H,8-9H2,1-7H3/t13-,14-,15+/m1/s1. The molecule has 4 heteroatoms. The van der Waals surface area contributed by atoms with Gasteiger partial charge in [-0.3, -0.25) is 0 Å². The summed E-state index contributed by atoms with van der Waals surface area (Å²) in [7, 11) is -1.76. The molecule has 0 aromatic carbocycles. The van der Waals surface area contributed by atoms with E-state index in [0.717, 1.165) is 10.8 Å². The van der Waals surface area contributed by atoms with Crippen molar-refractivity contribution in [1.82, 2.24) is 0 Å². The molecule has 1 saturated heterocycles. The molecular weight excluding hydrogens is 367 g/mol. The van der Waals surface area contributed by atoms with E-state index in [1.54, 1.807) is 0 Å². The van der Waals surface area contributed by atoms with Crippen molar-refractivity contribution in [3.63, 3.8) is 0 Å². The Morgan fingerprint density at radius 2 is 1.58 bits per heavy atom. The third-order valence-corrected chi connectivity index (χ3v) is 11.8. The average Bonchev–Trinajstić information content (AvgIpc) is 2.65. The van der Waals surface area contributed by atoms with Crippen LogP contribution in [0.3, 0.4) is 0 Å². The van der Waals surface area contributed by atoms with Crippen molar-refractivity contribution in [3.8, 4) is 0 Å². The third-order valence-electron chi connectivity index (χ3n) is 4.66. The molecule has 3 atom stereocenters. The lowest BCUT2D eigenvalue weighted by Crippen LogP contribution is -2.51. The van der Waals surface area contributed by atoms with Gasteiger partial charge in [0.1, 0.15) is 0 Å². The van der Waals surface area contributed by atoms with Crippen molar-refractivity contribution in [2.75, 3.05) is 4.43 Å². The van der Waals surface area contributed by atoms with E-state index in [2.05, 4.69) is 71.1 Å². The number of hydrogen-bond donors (Lipinski definition) is 0. The van der Waals surface area contributed by atoms with Crippen LogP contribution in [0.4, 0.5) is 0 Å². The maximum atomic E-state index is 6.84. The molecule has 1 rings (SSSR count). The summed E-state index contributed by atoms with van der Waals surface area (Å²) < 4.78 is 13.9. The Balaban J connectivity index is 2.90. The van der Waals surface area contributed by atoms with E-state index in [1.165, 1.54) is 0 Å². The number of hydrogen-bond acceptors (Lipinski definition) is 2. The van der Waals surface area contributed by atoms with Gasteiger partial charge in [0, 0.05) is 10.8 Å². The van der Waals surface area contributed by atoms with Gasteiger partial charge in [-0.05, 0) is 23.5 Å². The van der Waals surface area contributed by atoms with E-state index in [1.807, 2.05) is 0 Å². The van der Waals surface area contributed by atoms with Gasteiger partial charge in [-0.2, -0.15) is 0 Å². The largest absolute Gasteiger partial charge is 0.410 e. The molecular formula is C15H31IO2Si. The maximum Gasteiger partial charge on any atom is 0.200 e. The number of rotatable bonds is 6. The summed E-state index contributed by atoms with van der Waals surface area (Å²) in [6, 6.07) is 0. The highest BCUT2D eigenvalue weighted by atomic mass is 127. The minimum Gasteiger partial charge on any atom is -0.410 e. The first kappa shape index (κ1) is 17.9. The first-order valence-electron chi connectivity index (χ1n) is 7.64. The topological polar surface area (TPSA) is 18.5 Å². The predicted molar refractivity (Wildman–Crippen MR) is 93.8 cm³/mol. The van der Waals surface area contributed by atoms with Crippen molar-refractivity contribution in [1.29, 1.82) is 0 Å². The van der Waals surface area contributed by atoms with Crippen LogP contribution in [-0.2, 0) is 9.16 Å². The van der Waals surface area contributed by atoms with Crippen LogP contribution in [0, 0.1) is 0 Å². The van der Waals surface area contributed by atoms with E-state index >= 15 is 0 Å². The second kappa shape index (κ2) is 7.23. The second-order valence-corrected chi connectivity index (χ2v) is 13.1. The molecule has 0 aliphatic carbocycles. The first-order chi connectivity index (χ1) is 8.75. The molecule has 114 valence electrons. The smallest absolute Gasteiger partial charge is 0.200 e. The highest BCUT2D eigenvalue weighted by molar-refractivity contribution is 14.1. The molecule has 19 heavy (non-hydrogen) atoms. The quantitative estimate of drug-likeness (QED) is 0.350. The Morgan fingerprint density at radius 1 is 1.11 bits per heavy atom. The summed E-state index contributed by atoms with van der Waals surface area (Å²) in [5, 5.41) is 0. The van der Waals surface area contributed by atoms with Gasteiger partial charge in [-0.15, -0.1) is 0 Å². The summed E-state index contributed by atoms with van der Waals surface area (Å²) in [5.41, 5.74) is 1.95. The van der Waals surface area contributed by atoms with Gasteiger partial charge in [0.25, 0.3) is 0 Å². The Kier molecular flexibility index (Phi) is 6.82. The second-order valence-electron chi connectivity index (χ2n) is 6.83. The van der Waals surface area contributed by atoms with E-state index in [9.17, 15) is 0 Å². The molecule has 2 nitrogen and oxygen atoms in total. The van der Waals surface area contributed by atoms with Gasteiger partial charge in [0.15, 0.2) is 0 Å². The van der Waals surface area contributed by atoms with Gasteiger partial charge in [-0.1, -0.05) is 64.1 Å². The first-order valence-corrected chi connectivity index (χ1v) is 11.3.